The molecule has 1 amide bonds. The molecule has 1 aliphatic heterocycles. The number of aryl methyl sites for hydroxylation is 1. The van der Waals surface area contributed by atoms with E-state index in [9.17, 15) is 9.59 Å². The highest BCUT2D eigenvalue weighted by atomic mass is 16.5. The Labute approximate surface area is 181 Å². The van der Waals surface area contributed by atoms with Gasteiger partial charge in [-0.2, -0.15) is 0 Å². The monoisotopic (exact) mass is 418 g/mol. The Bertz CT molecular complexity index is 1080. The van der Waals surface area contributed by atoms with Gasteiger partial charge in [0.05, 0.1) is 19.3 Å². The molecule has 0 spiro atoms. The maximum absolute atomic E-state index is 13.0. The van der Waals surface area contributed by atoms with Crippen LogP contribution in [0.1, 0.15) is 22.9 Å². The van der Waals surface area contributed by atoms with Crippen LogP contribution < -0.4 is 10.2 Å². The lowest BCUT2D eigenvalue weighted by Gasteiger charge is -2.33. The summed E-state index contributed by atoms with van der Waals surface area (Å²) in [6.07, 6.45) is 1.51. The largest absolute Gasteiger partial charge is 0.483 e. The van der Waals surface area contributed by atoms with Gasteiger partial charge in [0.25, 0.3) is 0 Å². The van der Waals surface area contributed by atoms with Gasteiger partial charge in [0.1, 0.15) is 19.3 Å². The number of carbonyl (C=O) groups is 1. The molecule has 1 saturated heterocycles. The summed E-state index contributed by atoms with van der Waals surface area (Å²) < 4.78 is 13.4. The van der Waals surface area contributed by atoms with E-state index >= 15 is 0 Å². The number of pyridine rings is 1. The number of aromatic nitrogens is 1. The van der Waals surface area contributed by atoms with Crippen LogP contribution in [0.4, 0.5) is 0 Å². The van der Waals surface area contributed by atoms with E-state index in [1.165, 1.54) is 6.07 Å². The molecule has 1 fully saturated rings. The second-order valence-electron chi connectivity index (χ2n) is 7.66. The van der Waals surface area contributed by atoms with Gasteiger partial charge in [-0.15, -0.1) is 0 Å². The first-order valence-electron chi connectivity index (χ1n) is 10.4. The maximum atomic E-state index is 13.0. The number of benzene rings is 2. The molecule has 0 bridgehead atoms. The SMILES string of the molecule is Cc1cc(=O)c(OCc2ccccc2)cn1CC(=O)N1CCO[C@@H](c2ccccc2)C1. The van der Waals surface area contributed by atoms with E-state index in [1.807, 2.05) is 72.5 Å². The Hall–Kier alpha value is -3.38. The van der Waals surface area contributed by atoms with Crippen molar-refractivity contribution in [2.45, 2.75) is 26.2 Å². The standard InChI is InChI=1S/C25H26N2O4/c1-19-14-22(28)24(31-18-20-8-4-2-5-9-20)16-27(19)17-25(29)26-12-13-30-23(15-26)21-10-6-3-7-11-21/h2-11,14,16,23H,12-13,15,17-18H2,1H3/t23-/m1/s1. The second-order valence-corrected chi connectivity index (χ2v) is 7.66. The number of ether oxygens (including phenoxy) is 2. The number of hydrogen-bond acceptors (Lipinski definition) is 4. The van der Waals surface area contributed by atoms with Crippen molar-refractivity contribution < 1.29 is 14.3 Å². The normalized spacial score (nSPS) is 16.2. The van der Waals surface area contributed by atoms with Gasteiger partial charge < -0.3 is 18.9 Å². The van der Waals surface area contributed by atoms with E-state index in [1.54, 1.807) is 10.8 Å². The summed E-state index contributed by atoms with van der Waals surface area (Å²) in [5.41, 5.74) is 2.58. The van der Waals surface area contributed by atoms with Crippen LogP contribution in [0.25, 0.3) is 0 Å². The fraction of sp³-hybridized carbons (Fsp3) is 0.280. The predicted molar refractivity (Wildman–Crippen MR) is 118 cm³/mol. The van der Waals surface area contributed by atoms with Gasteiger partial charge in [-0.25, -0.2) is 0 Å². The Balaban J connectivity index is 1.44. The van der Waals surface area contributed by atoms with Gasteiger partial charge >= 0.3 is 0 Å². The van der Waals surface area contributed by atoms with Crippen LogP contribution in [-0.2, 0) is 22.7 Å². The second kappa shape index (κ2) is 9.62. The highest BCUT2D eigenvalue weighted by Crippen LogP contribution is 2.22. The quantitative estimate of drug-likeness (QED) is 0.616. The van der Waals surface area contributed by atoms with Crippen LogP contribution in [0.15, 0.2) is 77.7 Å². The Morgan fingerprint density at radius 2 is 1.81 bits per heavy atom. The third-order valence-corrected chi connectivity index (χ3v) is 5.44. The van der Waals surface area contributed by atoms with Gasteiger partial charge in [0, 0.05) is 18.3 Å². The van der Waals surface area contributed by atoms with Crippen LogP contribution in [0, 0.1) is 6.92 Å². The van der Waals surface area contributed by atoms with E-state index < -0.39 is 0 Å². The van der Waals surface area contributed by atoms with E-state index in [0.29, 0.717) is 26.3 Å². The summed E-state index contributed by atoms with van der Waals surface area (Å²) in [6.45, 7) is 3.84. The van der Waals surface area contributed by atoms with Gasteiger partial charge in [-0.05, 0) is 18.1 Å². The molecule has 31 heavy (non-hydrogen) atoms. The first-order chi connectivity index (χ1) is 15.1. The van der Waals surface area contributed by atoms with Crippen molar-refractivity contribution in [3.8, 4) is 5.75 Å². The lowest BCUT2D eigenvalue weighted by molar-refractivity contribution is -0.139. The zero-order chi connectivity index (χ0) is 21.6. The molecule has 0 aliphatic carbocycles. The molecule has 6 heteroatoms. The first-order valence-corrected chi connectivity index (χ1v) is 10.4. The zero-order valence-corrected chi connectivity index (χ0v) is 17.6. The van der Waals surface area contributed by atoms with Crippen LogP contribution in [0.5, 0.6) is 5.75 Å². The number of rotatable bonds is 6. The Kier molecular flexibility index (Phi) is 6.48. The minimum Gasteiger partial charge on any atom is -0.483 e. The van der Waals surface area contributed by atoms with Crippen molar-refractivity contribution in [2.24, 2.45) is 0 Å². The number of hydrogen-bond donors (Lipinski definition) is 0. The number of nitrogens with zero attached hydrogens (tertiary/aromatic N) is 2. The molecule has 2 aromatic carbocycles. The zero-order valence-electron chi connectivity index (χ0n) is 17.6. The molecule has 0 radical (unpaired) electrons. The van der Waals surface area contributed by atoms with Crippen molar-refractivity contribution in [2.75, 3.05) is 19.7 Å². The molecule has 160 valence electrons. The van der Waals surface area contributed by atoms with Crippen molar-refractivity contribution in [3.05, 3.63) is 100.0 Å². The molecule has 1 aromatic heterocycles. The van der Waals surface area contributed by atoms with Crippen LogP contribution in [-0.4, -0.2) is 35.1 Å². The highest BCUT2D eigenvalue weighted by Gasteiger charge is 2.25. The van der Waals surface area contributed by atoms with E-state index in [2.05, 4.69) is 0 Å². The average Bonchev–Trinajstić information content (AvgIpc) is 2.81. The summed E-state index contributed by atoms with van der Waals surface area (Å²) in [5.74, 6) is 0.233. The van der Waals surface area contributed by atoms with E-state index in [0.717, 1.165) is 16.8 Å². The summed E-state index contributed by atoms with van der Waals surface area (Å²) in [5, 5.41) is 0. The minimum atomic E-state index is -0.187. The third kappa shape index (κ3) is 5.22. The molecule has 0 saturated carbocycles. The molecule has 6 nitrogen and oxygen atoms in total. The molecule has 1 atom stereocenters. The molecule has 3 aromatic rings. The fourth-order valence-corrected chi connectivity index (χ4v) is 3.66. The molecule has 1 aliphatic rings. The maximum Gasteiger partial charge on any atom is 0.242 e. The summed E-state index contributed by atoms with van der Waals surface area (Å²) in [6, 6.07) is 21.1. The smallest absolute Gasteiger partial charge is 0.242 e. The minimum absolute atomic E-state index is 0.00927. The first kappa shape index (κ1) is 20.9. The Morgan fingerprint density at radius 1 is 1.10 bits per heavy atom. The average molecular weight is 418 g/mol. The summed E-state index contributed by atoms with van der Waals surface area (Å²) in [4.78, 5) is 27.2. The van der Waals surface area contributed by atoms with E-state index in [4.69, 9.17) is 9.47 Å². The summed E-state index contributed by atoms with van der Waals surface area (Å²) in [7, 11) is 0. The van der Waals surface area contributed by atoms with Gasteiger partial charge in [0.15, 0.2) is 5.75 Å². The number of carbonyl (C=O) groups excluding carboxylic acids is 1. The van der Waals surface area contributed by atoms with E-state index in [-0.39, 0.29) is 29.7 Å². The van der Waals surface area contributed by atoms with Crippen LogP contribution in [0.3, 0.4) is 0 Å². The van der Waals surface area contributed by atoms with Crippen molar-refractivity contribution in [3.63, 3.8) is 0 Å². The topological polar surface area (TPSA) is 60.8 Å². The molecule has 0 unspecified atom stereocenters. The lowest BCUT2D eigenvalue weighted by atomic mass is 10.1. The number of morpholine rings is 1. The van der Waals surface area contributed by atoms with Gasteiger partial charge in [0.2, 0.25) is 11.3 Å². The molecular weight excluding hydrogens is 392 g/mol. The molecule has 4 rings (SSSR count). The number of amides is 1. The van der Waals surface area contributed by atoms with Crippen LogP contribution >= 0.6 is 0 Å². The molecular formula is C25H26N2O4. The van der Waals surface area contributed by atoms with Crippen molar-refractivity contribution in [1.82, 2.24) is 9.47 Å². The molecule has 0 N–H and O–H groups in total. The third-order valence-electron chi connectivity index (χ3n) is 5.44. The van der Waals surface area contributed by atoms with Crippen molar-refractivity contribution >= 4 is 5.91 Å². The molecule has 2 heterocycles. The highest BCUT2D eigenvalue weighted by molar-refractivity contribution is 5.76. The predicted octanol–water partition coefficient (Wildman–Crippen LogP) is 3.34. The lowest BCUT2D eigenvalue weighted by Crippen LogP contribution is -2.43. The summed E-state index contributed by atoms with van der Waals surface area (Å²) >= 11 is 0. The van der Waals surface area contributed by atoms with Gasteiger partial charge in [-0.3, -0.25) is 9.59 Å². The Morgan fingerprint density at radius 3 is 2.55 bits per heavy atom. The van der Waals surface area contributed by atoms with Gasteiger partial charge in [-0.1, -0.05) is 60.7 Å². The van der Waals surface area contributed by atoms with Crippen LogP contribution in [0.2, 0.25) is 0 Å². The fourth-order valence-electron chi connectivity index (χ4n) is 3.66. The van der Waals surface area contributed by atoms with Crippen molar-refractivity contribution in [1.29, 1.82) is 0 Å².